The molecule has 0 aliphatic heterocycles. The molecule has 0 saturated heterocycles. The zero-order chi connectivity index (χ0) is 18.7. The number of aromatic amines is 1. The van der Waals surface area contributed by atoms with Crippen LogP contribution in [-0.2, 0) is 13.6 Å². The summed E-state index contributed by atoms with van der Waals surface area (Å²) in [4.78, 5) is 30.8. The van der Waals surface area contributed by atoms with E-state index >= 15 is 0 Å². The number of rotatable bonds is 6. The van der Waals surface area contributed by atoms with Gasteiger partial charge in [-0.1, -0.05) is 41.4 Å². The summed E-state index contributed by atoms with van der Waals surface area (Å²) in [6.45, 7) is 2.67. The molecular formula is C17H19BrN6O2. The minimum Gasteiger partial charge on any atom is -0.303 e. The number of aryl methyl sites for hydroxylation is 2. The van der Waals surface area contributed by atoms with Crippen LogP contribution in [0.5, 0.6) is 0 Å². The smallest absolute Gasteiger partial charge is 0.303 e. The lowest BCUT2D eigenvalue weighted by Crippen LogP contribution is -2.29. The van der Waals surface area contributed by atoms with Crippen LogP contribution in [0.2, 0.25) is 0 Å². The van der Waals surface area contributed by atoms with E-state index in [0.717, 1.165) is 22.9 Å². The standard InChI is InChI=1S/C17H19BrN6O2/c1-3-4-9-24-13-14(23(2)17(26)21-15(13)25)20-16(24)22-19-10-11-5-7-12(18)8-6-11/h5-8,10H,3-4,9H2,1-2H3,(H,20,22)(H,21,25,26)/b19-10+. The molecule has 2 N–H and O–H groups in total. The van der Waals surface area contributed by atoms with Gasteiger partial charge in [-0.3, -0.25) is 14.3 Å². The van der Waals surface area contributed by atoms with Crippen LogP contribution in [0.4, 0.5) is 5.95 Å². The second-order valence-corrected chi connectivity index (χ2v) is 6.77. The molecule has 1 aromatic carbocycles. The molecule has 0 fully saturated rings. The number of hydrogen-bond acceptors (Lipinski definition) is 5. The second kappa shape index (κ2) is 7.69. The predicted molar refractivity (Wildman–Crippen MR) is 106 cm³/mol. The van der Waals surface area contributed by atoms with Crippen LogP contribution in [0.25, 0.3) is 11.2 Å². The molecule has 3 rings (SSSR count). The average Bonchev–Trinajstić information content (AvgIpc) is 2.99. The van der Waals surface area contributed by atoms with Crippen molar-refractivity contribution in [2.45, 2.75) is 26.3 Å². The van der Waals surface area contributed by atoms with Gasteiger partial charge in [0.05, 0.1) is 6.21 Å². The molecule has 3 aromatic rings. The predicted octanol–water partition coefficient (Wildman–Crippen LogP) is 2.43. The lowest BCUT2D eigenvalue weighted by Gasteiger charge is -2.06. The summed E-state index contributed by atoms with van der Waals surface area (Å²) in [7, 11) is 1.58. The van der Waals surface area contributed by atoms with Gasteiger partial charge in [-0.05, 0) is 24.1 Å². The van der Waals surface area contributed by atoms with Crippen LogP contribution in [0, 0.1) is 0 Å². The molecular weight excluding hydrogens is 400 g/mol. The van der Waals surface area contributed by atoms with Crippen molar-refractivity contribution < 1.29 is 0 Å². The number of benzene rings is 1. The molecule has 0 bridgehead atoms. The fraction of sp³-hybridized carbons (Fsp3) is 0.294. The minimum atomic E-state index is -0.493. The first kappa shape index (κ1) is 18.1. The van der Waals surface area contributed by atoms with Crippen molar-refractivity contribution in [3.05, 3.63) is 55.1 Å². The normalized spacial score (nSPS) is 11.5. The van der Waals surface area contributed by atoms with Gasteiger partial charge in [0.2, 0.25) is 5.95 Å². The van der Waals surface area contributed by atoms with E-state index in [-0.39, 0.29) is 0 Å². The van der Waals surface area contributed by atoms with E-state index in [9.17, 15) is 9.59 Å². The van der Waals surface area contributed by atoms with Gasteiger partial charge in [0, 0.05) is 18.1 Å². The molecule has 136 valence electrons. The highest BCUT2D eigenvalue weighted by molar-refractivity contribution is 9.10. The largest absolute Gasteiger partial charge is 0.329 e. The van der Waals surface area contributed by atoms with Crippen LogP contribution in [0.3, 0.4) is 0 Å². The Hall–Kier alpha value is -2.68. The zero-order valence-electron chi connectivity index (χ0n) is 14.5. The van der Waals surface area contributed by atoms with E-state index in [1.54, 1.807) is 17.8 Å². The number of nitrogens with zero attached hydrogens (tertiary/aromatic N) is 4. The molecule has 2 heterocycles. The fourth-order valence-electron chi connectivity index (χ4n) is 2.57. The third kappa shape index (κ3) is 3.62. The molecule has 0 amide bonds. The Kier molecular flexibility index (Phi) is 5.36. The van der Waals surface area contributed by atoms with E-state index in [1.807, 2.05) is 24.3 Å². The molecule has 0 radical (unpaired) electrons. The topological polar surface area (TPSA) is 97.1 Å². The minimum absolute atomic E-state index is 0.330. The molecule has 0 aliphatic rings. The maximum absolute atomic E-state index is 12.3. The number of anilines is 1. The van der Waals surface area contributed by atoms with Gasteiger partial charge in [0.15, 0.2) is 11.2 Å². The molecule has 26 heavy (non-hydrogen) atoms. The van der Waals surface area contributed by atoms with E-state index in [1.165, 1.54) is 4.57 Å². The highest BCUT2D eigenvalue weighted by Gasteiger charge is 2.16. The number of fused-ring (bicyclic) bond motifs is 1. The summed E-state index contributed by atoms with van der Waals surface area (Å²) in [6.07, 6.45) is 3.50. The Morgan fingerprint density at radius 3 is 2.73 bits per heavy atom. The van der Waals surface area contributed by atoms with Gasteiger partial charge < -0.3 is 4.57 Å². The fourth-order valence-corrected chi connectivity index (χ4v) is 2.83. The van der Waals surface area contributed by atoms with E-state index in [4.69, 9.17) is 0 Å². The number of aromatic nitrogens is 4. The summed E-state index contributed by atoms with van der Waals surface area (Å²) in [5.74, 6) is 0.425. The molecule has 0 unspecified atom stereocenters. The second-order valence-electron chi connectivity index (χ2n) is 5.85. The van der Waals surface area contributed by atoms with Crippen LogP contribution in [0.1, 0.15) is 25.3 Å². The third-order valence-corrected chi connectivity index (χ3v) is 4.52. The van der Waals surface area contributed by atoms with Crippen molar-refractivity contribution in [2.75, 3.05) is 5.43 Å². The molecule has 0 aliphatic carbocycles. The van der Waals surface area contributed by atoms with E-state index < -0.39 is 11.2 Å². The summed E-state index contributed by atoms with van der Waals surface area (Å²) >= 11 is 3.39. The number of nitrogens with one attached hydrogen (secondary N) is 2. The first-order chi connectivity index (χ1) is 12.5. The van der Waals surface area contributed by atoms with Gasteiger partial charge >= 0.3 is 5.69 Å². The van der Waals surface area contributed by atoms with Crippen molar-refractivity contribution in [1.82, 2.24) is 19.1 Å². The van der Waals surface area contributed by atoms with Gasteiger partial charge in [0.1, 0.15) is 0 Å². The summed E-state index contributed by atoms with van der Waals surface area (Å²) in [6, 6.07) is 7.69. The summed E-state index contributed by atoms with van der Waals surface area (Å²) < 4.78 is 4.07. The molecule has 0 spiro atoms. The molecule has 9 heteroatoms. The van der Waals surface area contributed by atoms with E-state index in [2.05, 4.69) is 43.3 Å². The van der Waals surface area contributed by atoms with Crippen molar-refractivity contribution in [3.63, 3.8) is 0 Å². The molecule has 2 aromatic heterocycles. The molecule has 0 saturated carbocycles. The number of hydrogen-bond donors (Lipinski definition) is 2. The highest BCUT2D eigenvalue weighted by Crippen LogP contribution is 2.16. The zero-order valence-corrected chi connectivity index (χ0v) is 16.1. The van der Waals surface area contributed by atoms with Gasteiger partial charge in [-0.15, -0.1) is 0 Å². The maximum atomic E-state index is 12.3. The van der Waals surface area contributed by atoms with Crippen molar-refractivity contribution in [2.24, 2.45) is 12.1 Å². The Morgan fingerprint density at radius 2 is 2.04 bits per heavy atom. The van der Waals surface area contributed by atoms with Crippen LogP contribution >= 0.6 is 15.9 Å². The number of halogens is 1. The Morgan fingerprint density at radius 1 is 1.31 bits per heavy atom. The van der Waals surface area contributed by atoms with Gasteiger partial charge in [-0.25, -0.2) is 10.2 Å². The average molecular weight is 419 g/mol. The molecule has 0 atom stereocenters. The van der Waals surface area contributed by atoms with E-state index in [0.29, 0.717) is 23.7 Å². The molecule has 8 nitrogen and oxygen atoms in total. The SMILES string of the molecule is CCCCn1c(N/N=C/c2ccc(Br)cc2)nc2c1c(=O)[nH]c(=O)n2C. The van der Waals surface area contributed by atoms with Crippen molar-refractivity contribution >= 4 is 39.3 Å². The lowest BCUT2D eigenvalue weighted by molar-refractivity contribution is 0.647. The monoisotopic (exact) mass is 418 g/mol. The van der Waals surface area contributed by atoms with Gasteiger partial charge in [0.25, 0.3) is 5.56 Å². The Bertz CT molecular complexity index is 1060. The number of unbranched alkanes of at least 4 members (excludes halogenated alkanes) is 1. The van der Waals surface area contributed by atoms with Crippen LogP contribution in [0.15, 0.2) is 43.4 Å². The van der Waals surface area contributed by atoms with Crippen LogP contribution in [-0.4, -0.2) is 25.3 Å². The third-order valence-electron chi connectivity index (χ3n) is 3.99. The van der Waals surface area contributed by atoms with Crippen molar-refractivity contribution in [1.29, 1.82) is 0 Å². The first-order valence-electron chi connectivity index (χ1n) is 8.25. The first-order valence-corrected chi connectivity index (χ1v) is 9.04. The summed E-state index contributed by atoms with van der Waals surface area (Å²) in [5, 5.41) is 4.21. The number of hydrazone groups is 1. The number of imidazole rings is 1. The summed E-state index contributed by atoms with van der Waals surface area (Å²) in [5.41, 5.74) is 3.56. The highest BCUT2D eigenvalue weighted by atomic mass is 79.9. The lowest BCUT2D eigenvalue weighted by atomic mass is 10.2. The Labute approximate surface area is 157 Å². The van der Waals surface area contributed by atoms with Crippen molar-refractivity contribution in [3.8, 4) is 0 Å². The Balaban J connectivity index is 1.99. The maximum Gasteiger partial charge on any atom is 0.329 e. The quantitative estimate of drug-likeness (QED) is 0.474. The van der Waals surface area contributed by atoms with Gasteiger partial charge in [-0.2, -0.15) is 10.1 Å². The van der Waals surface area contributed by atoms with Crippen LogP contribution < -0.4 is 16.7 Å². The number of H-pyrrole nitrogens is 1.